The normalized spacial score (nSPS) is 17.7. The van der Waals surface area contributed by atoms with Crippen molar-refractivity contribution >= 4 is 5.91 Å². The fourth-order valence-corrected chi connectivity index (χ4v) is 2.77. The van der Waals surface area contributed by atoms with Crippen LogP contribution in [0.2, 0.25) is 0 Å². The Hall–Kier alpha value is -1.42. The lowest BCUT2D eigenvalue weighted by atomic mass is 9.78. The lowest BCUT2D eigenvalue weighted by Crippen LogP contribution is -2.44. The van der Waals surface area contributed by atoms with E-state index in [9.17, 15) is 9.18 Å². The zero-order chi connectivity index (χ0) is 13.0. The molecule has 0 unspecified atom stereocenters. The zero-order valence-corrected chi connectivity index (χ0v) is 10.4. The number of rotatable bonds is 4. The van der Waals surface area contributed by atoms with Gasteiger partial charge in [0.15, 0.2) is 0 Å². The smallest absolute Gasteiger partial charge is 0.230 e. The first-order chi connectivity index (χ1) is 8.69. The molecule has 0 radical (unpaired) electrons. The van der Waals surface area contributed by atoms with E-state index in [1.54, 1.807) is 6.07 Å². The van der Waals surface area contributed by atoms with E-state index in [0.717, 1.165) is 31.2 Å². The van der Waals surface area contributed by atoms with Crippen LogP contribution in [0.4, 0.5) is 4.39 Å². The van der Waals surface area contributed by atoms with Crippen LogP contribution in [0.25, 0.3) is 0 Å². The Balaban J connectivity index is 2.29. The molecule has 0 bridgehead atoms. The molecule has 0 heterocycles. The third-order valence-electron chi connectivity index (χ3n) is 3.70. The molecule has 4 heteroatoms. The molecule has 3 N–H and O–H groups in total. The van der Waals surface area contributed by atoms with Crippen LogP contribution >= 0.6 is 0 Å². The number of nitrogens with one attached hydrogen (secondary N) is 1. The molecule has 1 aliphatic rings. The quantitative estimate of drug-likeness (QED) is 0.854. The average Bonchev–Trinajstić information content (AvgIpc) is 2.86. The highest BCUT2D eigenvalue weighted by molar-refractivity contribution is 5.88. The highest BCUT2D eigenvalue weighted by Gasteiger charge is 2.42. The summed E-state index contributed by atoms with van der Waals surface area (Å²) in [5, 5.41) is 2.85. The molecule has 0 atom stereocenters. The van der Waals surface area contributed by atoms with E-state index >= 15 is 0 Å². The molecule has 3 nitrogen and oxygen atoms in total. The molecular weight excluding hydrogens is 231 g/mol. The molecule has 1 saturated carbocycles. The molecule has 18 heavy (non-hydrogen) atoms. The van der Waals surface area contributed by atoms with Gasteiger partial charge in [-0.3, -0.25) is 4.79 Å². The predicted octanol–water partition coefficient (Wildman–Crippen LogP) is 1.71. The van der Waals surface area contributed by atoms with Gasteiger partial charge >= 0.3 is 0 Å². The SMILES string of the molecule is NCCNC(=O)C1(c2cccc(F)c2)CCCC1. The average molecular weight is 250 g/mol. The summed E-state index contributed by atoms with van der Waals surface area (Å²) in [5.74, 6) is -0.304. The monoisotopic (exact) mass is 250 g/mol. The van der Waals surface area contributed by atoms with Gasteiger partial charge in [-0.05, 0) is 30.5 Å². The van der Waals surface area contributed by atoms with E-state index < -0.39 is 5.41 Å². The van der Waals surface area contributed by atoms with Gasteiger partial charge in [-0.15, -0.1) is 0 Å². The van der Waals surface area contributed by atoms with Gasteiger partial charge in [-0.25, -0.2) is 4.39 Å². The molecule has 1 amide bonds. The number of benzene rings is 1. The van der Waals surface area contributed by atoms with E-state index in [1.165, 1.54) is 12.1 Å². The second kappa shape index (κ2) is 5.48. The van der Waals surface area contributed by atoms with Gasteiger partial charge in [0, 0.05) is 13.1 Å². The Morgan fingerprint density at radius 3 is 2.72 bits per heavy atom. The maximum absolute atomic E-state index is 13.4. The van der Waals surface area contributed by atoms with Crippen LogP contribution < -0.4 is 11.1 Å². The molecule has 0 saturated heterocycles. The third-order valence-corrected chi connectivity index (χ3v) is 3.70. The van der Waals surface area contributed by atoms with E-state index in [0.29, 0.717) is 13.1 Å². The summed E-state index contributed by atoms with van der Waals surface area (Å²) in [7, 11) is 0. The Morgan fingerprint density at radius 1 is 1.39 bits per heavy atom. The van der Waals surface area contributed by atoms with Crippen LogP contribution in [-0.2, 0) is 10.2 Å². The van der Waals surface area contributed by atoms with Crippen molar-refractivity contribution in [2.45, 2.75) is 31.1 Å². The van der Waals surface area contributed by atoms with Crippen molar-refractivity contribution in [2.24, 2.45) is 5.73 Å². The Bertz CT molecular complexity index is 428. The van der Waals surface area contributed by atoms with E-state index in [4.69, 9.17) is 5.73 Å². The van der Waals surface area contributed by atoms with Gasteiger partial charge in [-0.1, -0.05) is 25.0 Å². The molecule has 0 aromatic heterocycles. The van der Waals surface area contributed by atoms with Crippen molar-refractivity contribution in [3.63, 3.8) is 0 Å². The lowest BCUT2D eigenvalue weighted by molar-refractivity contribution is -0.126. The summed E-state index contributed by atoms with van der Waals surface area (Å²) in [6, 6.07) is 6.40. The zero-order valence-electron chi connectivity index (χ0n) is 10.4. The van der Waals surface area contributed by atoms with E-state index in [2.05, 4.69) is 5.32 Å². The fourth-order valence-electron chi connectivity index (χ4n) is 2.77. The van der Waals surface area contributed by atoms with Crippen LogP contribution in [0.1, 0.15) is 31.2 Å². The molecule has 1 aromatic rings. The summed E-state index contributed by atoms with van der Waals surface area (Å²) in [5.41, 5.74) is 5.64. The van der Waals surface area contributed by atoms with Crippen molar-refractivity contribution in [1.29, 1.82) is 0 Å². The first kappa shape index (κ1) is 13.0. The van der Waals surface area contributed by atoms with Gasteiger partial charge in [0.2, 0.25) is 5.91 Å². The number of hydrogen-bond donors (Lipinski definition) is 2. The van der Waals surface area contributed by atoms with Crippen LogP contribution in [0, 0.1) is 5.82 Å². The minimum absolute atomic E-state index is 0.0175. The lowest BCUT2D eigenvalue weighted by Gasteiger charge is -2.28. The Morgan fingerprint density at radius 2 is 2.11 bits per heavy atom. The molecule has 1 aliphatic carbocycles. The second-order valence-corrected chi connectivity index (χ2v) is 4.84. The number of carbonyl (C=O) groups is 1. The summed E-state index contributed by atoms with van der Waals surface area (Å²) in [4.78, 5) is 12.3. The third kappa shape index (κ3) is 2.38. The maximum atomic E-state index is 13.4. The van der Waals surface area contributed by atoms with Gasteiger partial charge in [0.25, 0.3) is 0 Å². The number of amides is 1. The van der Waals surface area contributed by atoms with Crippen molar-refractivity contribution in [2.75, 3.05) is 13.1 Å². The maximum Gasteiger partial charge on any atom is 0.230 e. The van der Waals surface area contributed by atoms with Crippen LogP contribution in [0.15, 0.2) is 24.3 Å². The van der Waals surface area contributed by atoms with Crippen LogP contribution in [-0.4, -0.2) is 19.0 Å². The topological polar surface area (TPSA) is 55.1 Å². The van der Waals surface area contributed by atoms with Crippen molar-refractivity contribution in [3.8, 4) is 0 Å². The summed E-state index contributed by atoms with van der Waals surface area (Å²) < 4.78 is 13.4. The standard InChI is InChI=1S/C14H19FN2O/c15-12-5-3-4-11(10-12)14(6-1-2-7-14)13(18)17-9-8-16/h3-5,10H,1-2,6-9,16H2,(H,17,18). The molecular formula is C14H19FN2O. The molecule has 1 fully saturated rings. The largest absolute Gasteiger partial charge is 0.354 e. The summed E-state index contributed by atoms with van der Waals surface area (Å²) >= 11 is 0. The fraction of sp³-hybridized carbons (Fsp3) is 0.500. The summed E-state index contributed by atoms with van der Waals surface area (Å²) in [6.45, 7) is 0.890. The molecule has 0 aliphatic heterocycles. The van der Waals surface area contributed by atoms with Crippen LogP contribution in [0.3, 0.4) is 0 Å². The van der Waals surface area contributed by atoms with E-state index in [1.807, 2.05) is 6.07 Å². The highest BCUT2D eigenvalue weighted by atomic mass is 19.1. The number of hydrogen-bond acceptors (Lipinski definition) is 2. The second-order valence-electron chi connectivity index (χ2n) is 4.84. The molecule has 1 aromatic carbocycles. The highest BCUT2D eigenvalue weighted by Crippen LogP contribution is 2.41. The Labute approximate surface area is 107 Å². The number of nitrogens with two attached hydrogens (primary N) is 1. The van der Waals surface area contributed by atoms with Crippen molar-refractivity contribution in [1.82, 2.24) is 5.32 Å². The predicted molar refractivity (Wildman–Crippen MR) is 68.6 cm³/mol. The number of halogens is 1. The van der Waals surface area contributed by atoms with Gasteiger partial charge in [-0.2, -0.15) is 0 Å². The molecule has 0 spiro atoms. The van der Waals surface area contributed by atoms with Crippen LogP contribution in [0.5, 0.6) is 0 Å². The molecule has 2 rings (SSSR count). The summed E-state index contributed by atoms with van der Waals surface area (Å²) in [6.07, 6.45) is 3.58. The van der Waals surface area contributed by atoms with Gasteiger partial charge < -0.3 is 11.1 Å². The van der Waals surface area contributed by atoms with Crippen molar-refractivity contribution in [3.05, 3.63) is 35.6 Å². The van der Waals surface area contributed by atoms with E-state index in [-0.39, 0.29) is 11.7 Å². The Kier molecular flexibility index (Phi) is 3.97. The van der Waals surface area contributed by atoms with Gasteiger partial charge in [0.05, 0.1) is 5.41 Å². The first-order valence-electron chi connectivity index (χ1n) is 6.43. The minimum atomic E-state index is -0.558. The number of carbonyl (C=O) groups excluding carboxylic acids is 1. The van der Waals surface area contributed by atoms with Crippen molar-refractivity contribution < 1.29 is 9.18 Å². The minimum Gasteiger partial charge on any atom is -0.354 e. The van der Waals surface area contributed by atoms with Gasteiger partial charge in [0.1, 0.15) is 5.82 Å². The first-order valence-corrected chi connectivity index (χ1v) is 6.43. The molecule has 98 valence electrons.